The molecule has 1 amide bonds. The van der Waals surface area contributed by atoms with Crippen LogP contribution in [-0.4, -0.2) is 62.0 Å². The molecule has 1 heterocycles. The van der Waals surface area contributed by atoms with Gasteiger partial charge in [-0.15, -0.1) is 0 Å². The smallest absolute Gasteiger partial charge is 0.251 e. The molecule has 1 atom stereocenters. The number of fused-ring (bicyclic) bond motifs is 1. The maximum absolute atomic E-state index is 12.3. The molecule has 2 aromatic carbocycles. The zero-order valence-corrected chi connectivity index (χ0v) is 17.0. The fourth-order valence-corrected chi connectivity index (χ4v) is 3.48. The Morgan fingerprint density at radius 3 is 2.66 bits per heavy atom. The number of aliphatic hydroxyl groups is 1. The first kappa shape index (κ1) is 21.3. The number of ether oxygens (including phenoxy) is 2. The lowest BCUT2D eigenvalue weighted by Crippen LogP contribution is -2.42. The van der Waals surface area contributed by atoms with Crippen LogP contribution in [0.3, 0.4) is 0 Å². The third-order valence-corrected chi connectivity index (χ3v) is 5.05. The minimum Gasteiger partial charge on any atom is -0.494 e. The van der Waals surface area contributed by atoms with Crippen molar-refractivity contribution in [2.75, 3.05) is 40.0 Å². The number of nitrogens with one attached hydrogen (secondary N) is 1. The van der Waals surface area contributed by atoms with E-state index in [1.807, 2.05) is 0 Å². The molecule has 6 heteroatoms. The van der Waals surface area contributed by atoms with Gasteiger partial charge in [0.2, 0.25) is 0 Å². The molecule has 156 valence electrons. The molecular formula is C23H30N2O4. The molecule has 0 spiro atoms. The van der Waals surface area contributed by atoms with Gasteiger partial charge in [-0.05, 0) is 41.8 Å². The largest absolute Gasteiger partial charge is 0.494 e. The van der Waals surface area contributed by atoms with Gasteiger partial charge in [0.15, 0.2) is 0 Å². The molecule has 0 radical (unpaired) electrons. The quantitative estimate of drug-likeness (QED) is 0.601. The van der Waals surface area contributed by atoms with Crippen LogP contribution in [0.5, 0.6) is 5.75 Å². The predicted molar refractivity (Wildman–Crippen MR) is 112 cm³/mol. The molecular weight excluding hydrogens is 368 g/mol. The van der Waals surface area contributed by atoms with Crippen LogP contribution in [0, 0.1) is 0 Å². The lowest BCUT2D eigenvalue weighted by molar-refractivity contribution is 0.0842. The molecule has 0 saturated carbocycles. The summed E-state index contributed by atoms with van der Waals surface area (Å²) >= 11 is 0. The zero-order valence-electron chi connectivity index (χ0n) is 17.0. The second-order valence-electron chi connectivity index (χ2n) is 7.34. The van der Waals surface area contributed by atoms with E-state index in [0.717, 1.165) is 31.7 Å². The Kier molecular flexibility index (Phi) is 8.04. The van der Waals surface area contributed by atoms with E-state index >= 15 is 0 Å². The van der Waals surface area contributed by atoms with E-state index in [1.165, 1.54) is 11.1 Å². The maximum Gasteiger partial charge on any atom is 0.251 e. The van der Waals surface area contributed by atoms with Crippen LogP contribution in [0.15, 0.2) is 48.5 Å². The van der Waals surface area contributed by atoms with Crippen LogP contribution in [0.2, 0.25) is 0 Å². The summed E-state index contributed by atoms with van der Waals surface area (Å²) in [5.74, 6) is 0.530. The summed E-state index contributed by atoms with van der Waals surface area (Å²) in [6, 6.07) is 15.4. The topological polar surface area (TPSA) is 71.0 Å². The van der Waals surface area contributed by atoms with Gasteiger partial charge < -0.3 is 19.9 Å². The van der Waals surface area contributed by atoms with E-state index < -0.39 is 6.10 Å². The van der Waals surface area contributed by atoms with Crippen LogP contribution in [0.25, 0.3) is 0 Å². The van der Waals surface area contributed by atoms with E-state index in [1.54, 1.807) is 31.4 Å². The Morgan fingerprint density at radius 1 is 1.14 bits per heavy atom. The van der Waals surface area contributed by atoms with Gasteiger partial charge in [-0.25, -0.2) is 0 Å². The highest BCUT2D eigenvalue weighted by Gasteiger charge is 2.19. The summed E-state index contributed by atoms with van der Waals surface area (Å²) in [5, 5.41) is 13.2. The van der Waals surface area contributed by atoms with E-state index in [4.69, 9.17) is 9.47 Å². The van der Waals surface area contributed by atoms with Crippen LogP contribution >= 0.6 is 0 Å². The van der Waals surface area contributed by atoms with Crippen LogP contribution in [0.1, 0.15) is 27.9 Å². The number of amides is 1. The summed E-state index contributed by atoms with van der Waals surface area (Å²) in [4.78, 5) is 14.6. The molecule has 1 aliphatic heterocycles. The highest BCUT2D eigenvalue weighted by molar-refractivity contribution is 5.94. The molecule has 1 unspecified atom stereocenters. The Hall–Kier alpha value is -2.41. The number of methoxy groups -OCH3 is 1. The lowest BCUT2D eigenvalue weighted by atomic mass is 10.00. The third-order valence-electron chi connectivity index (χ3n) is 5.05. The van der Waals surface area contributed by atoms with Crippen molar-refractivity contribution in [2.24, 2.45) is 0 Å². The number of rotatable bonds is 10. The molecule has 2 N–H and O–H groups in total. The summed E-state index contributed by atoms with van der Waals surface area (Å²) in [5.41, 5.74) is 3.26. The third kappa shape index (κ3) is 6.56. The molecule has 0 fully saturated rings. The van der Waals surface area contributed by atoms with Crippen molar-refractivity contribution in [3.8, 4) is 5.75 Å². The number of benzene rings is 2. The number of hydrogen-bond donors (Lipinski definition) is 2. The number of β-amino-alcohol motifs (C(OH)–C–C–N with tert-alkyl or cyclic N) is 1. The first-order valence-electron chi connectivity index (χ1n) is 10.1. The Morgan fingerprint density at radius 2 is 1.90 bits per heavy atom. The Bertz CT molecular complexity index is 779. The second-order valence-corrected chi connectivity index (χ2v) is 7.34. The standard InChI is InChI=1S/C23H30N2O4/c1-28-13-4-14-29-22-9-7-19(8-10-22)23(27)24-15-21(26)17-25-12-11-18-5-2-3-6-20(18)16-25/h2-3,5-10,21,26H,4,11-17H2,1H3,(H,24,27). The van der Waals surface area contributed by atoms with E-state index in [9.17, 15) is 9.90 Å². The molecule has 1 aliphatic rings. The van der Waals surface area contributed by atoms with Crippen molar-refractivity contribution >= 4 is 5.91 Å². The van der Waals surface area contributed by atoms with Crippen molar-refractivity contribution in [2.45, 2.75) is 25.5 Å². The van der Waals surface area contributed by atoms with E-state index in [2.05, 4.69) is 34.5 Å². The molecule has 29 heavy (non-hydrogen) atoms. The van der Waals surface area contributed by atoms with Gasteiger partial charge in [-0.3, -0.25) is 9.69 Å². The molecule has 6 nitrogen and oxygen atoms in total. The van der Waals surface area contributed by atoms with Crippen molar-refractivity contribution < 1.29 is 19.4 Å². The zero-order chi connectivity index (χ0) is 20.5. The fraction of sp³-hybridized carbons (Fsp3) is 0.435. The summed E-state index contributed by atoms with van der Waals surface area (Å²) in [6.07, 6.45) is 1.21. The van der Waals surface area contributed by atoms with Gasteiger partial charge in [-0.1, -0.05) is 24.3 Å². The highest BCUT2D eigenvalue weighted by atomic mass is 16.5. The SMILES string of the molecule is COCCCOc1ccc(C(=O)NCC(O)CN2CCc3ccccc3C2)cc1. The first-order valence-corrected chi connectivity index (χ1v) is 10.1. The van der Waals surface area contributed by atoms with Gasteiger partial charge in [0.05, 0.1) is 12.7 Å². The fourth-order valence-electron chi connectivity index (χ4n) is 3.48. The average Bonchev–Trinajstić information content (AvgIpc) is 2.75. The monoisotopic (exact) mass is 398 g/mol. The summed E-state index contributed by atoms with van der Waals surface area (Å²) < 4.78 is 10.6. The molecule has 3 rings (SSSR count). The highest BCUT2D eigenvalue weighted by Crippen LogP contribution is 2.18. The van der Waals surface area contributed by atoms with Gasteiger partial charge >= 0.3 is 0 Å². The predicted octanol–water partition coefficient (Wildman–Crippen LogP) is 2.25. The number of aliphatic hydroxyl groups excluding tert-OH is 1. The van der Waals surface area contributed by atoms with Gasteiger partial charge in [0.1, 0.15) is 5.75 Å². The number of hydrogen-bond acceptors (Lipinski definition) is 5. The van der Waals surface area contributed by atoms with Gasteiger partial charge in [0.25, 0.3) is 5.91 Å². The minimum atomic E-state index is -0.604. The lowest BCUT2D eigenvalue weighted by Gasteiger charge is -2.30. The number of carbonyl (C=O) groups excluding carboxylic acids is 1. The number of carbonyl (C=O) groups is 1. The minimum absolute atomic E-state index is 0.195. The Labute approximate surface area is 172 Å². The summed E-state index contributed by atoms with van der Waals surface area (Å²) in [7, 11) is 1.66. The van der Waals surface area contributed by atoms with Crippen LogP contribution in [0.4, 0.5) is 0 Å². The van der Waals surface area contributed by atoms with Crippen molar-refractivity contribution in [3.63, 3.8) is 0 Å². The van der Waals surface area contributed by atoms with Crippen LogP contribution in [-0.2, 0) is 17.7 Å². The maximum atomic E-state index is 12.3. The average molecular weight is 399 g/mol. The Balaban J connectivity index is 1.39. The van der Waals surface area contributed by atoms with Gasteiger partial charge in [0, 0.05) is 51.9 Å². The van der Waals surface area contributed by atoms with E-state index in [-0.39, 0.29) is 12.5 Å². The molecule has 0 saturated heterocycles. The molecule has 0 aromatic heterocycles. The number of nitrogens with zero attached hydrogens (tertiary/aromatic N) is 1. The first-order chi connectivity index (χ1) is 14.2. The van der Waals surface area contributed by atoms with Crippen LogP contribution < -0.4 is 10.1 Å². The van der Waals surface area contributed by atoms with Crippen molar-refractivity contribution in [1.29, 1.82) is 0 Å². The normalized spacial score (nSPS) is 14.8. The van der Waals surface area contributed by atoms with E-state index in [0.29, 0.717) is 25.3 Å². The van der Waals surface area contributed by atoms with Crippen molar-refractivity contribution in [3.05, 3.63) is 65.2 Å². The second kappa shape index (κ2) is 11.0. The molecule has 0 aliphatic carbocycles. The molecule has 2 aromatic rings. The molecule has 0 bridgehead atoms. The van der Waals surface area contributed by atoms with Gasteiger partial charge in [-0.2, -0.15) is 0 Å². The van der Waals surface area contributed by atoms with Crippen molar-refractivity contribution in [1.82, 2.24) is 10.2 Å². The summed E-state index contributed by atoms with van der Waals surface area (Å²) in [6.45, 7) is 3.77.